The van der Waals surface area contributed by atoms with Gasteiger partial charge in [-0.2, -0.15) is 0 Å². The zero-order valence-corrected chi connectivity index (χ0v) is 16.7. The number of aromatic nitrogens is 1. The van der Waals surface area contributed by atoms with Gasteiger partial charge in [-0.1, -0.05) is 23.8 Å². The predicted molar refractivity (Wildman–Crippen MR) is 111 cm³/mol. The van der Waals surface area contributed by atoms with Crippen molar-refractivity contribution < 1.29 is 4.74 Å². The molecule has 1 heterocycles. The maximum Gasteiger partial charge on any atom is 0.227 e. The van der Waals surface area contributed by atoms with E-state index < -0.39 is 0 Å². The van der Waals surface area contributed by atoms with E-state index in [1.807, 2.05) is 6.92 Å². The van der Waals surface area contributed by atoms with Gasteiger partial charge >= 0.3 is 0 Å². The zero-order valence-electron chi connectivity index (χ0n) is 16.7. The van der Waals surface area contributed by atoms with E-state index >= 15 is 0 Å². The topological polar surface area (TPSA) is 25.4 Å². The third-order valence-corrected chi connectivity index (χ3v) is 4.85. The molecule has 3 nitrogen and oxygen atoms in total. The first-order valence-corrected chi connectivity index (χ1v) is 9.35. The maximum atomic E-state index is 6.36. The van der Waals surface area contributed by atoms with Gasteiger partial charge < -0.3 is 9.64 Å². The van der Waals surface area contributed by atoms with Crippen LogP contribution in [0.4, 0.5) is 5.69 Å². The van der Waals surface area contributed by atoms with E-state index in [0.29, 0.717) is 5.88 Å². The summed E-state index contributed by atoms with van der Waals surface area (Å²) in [7, 11) is 0. The third-order valence-electron chi connectivity index (χ3n) is 4.85. The van der Waals surface area contributed by atoms with Crippen molar-refractivity contribution in [3.63, 3.8) is 0 Å². The molecule has 0 bridgehead atoms. The summed E-state index contributed by atoms with van der Waals surface area (Å²) >= 11 is 0. The van der Waals surface area contributed by atoms with Crippen LogP contribution in [0, 0.1) is 27.7 Å². The molecule has 2 aromatic carbocycles. The van der Waals surface area contributed by atoms with Gasteiger partial charge in [-0.05, 0) is 70.9 Å². The summed E-state index contributed by atoms with van der Waals surface area (Å²) in [5.41, 5.74) is 5.73. The lowest BCUT2D eigenvalue weighted by molar-refractivity contribution is 0.461. The normalized spacial score (nSPS) is 11.0. The van der Waals surface area contributed by atoms with Crippen molar-refractivity contribution in [1.29, 1.82) is 0 Å². The average Bonchev–Trinajstić information content (AvgIpc) is 2.59. The lowest BCUT2D eigenvalue weighted by Gasteiger charge is -2.23. The van der Waals surface area contributed by atoms with Crippen molar-refractivity contribution in [2.45, 2.75) is 41.5 Å². The van der Waals surface area contributed by atoms with Crippen molar-refractivity contribution in [3.8, 4) is 11.6 Å². The van der Waals surface area contributed by atoms with Crippen LogP contribution in [-0.2, 0) is 0 Å². The molecule has 136 valence electrons. The van der Waals surface area contributed by atoms with Crippen LogP contribution in [-0.4, -0.2) is 18.1 Å². The molecule has 0 radical (unpaired) electrons. The van der Waals surface area contributed by atoms with E-state index in [0.717, 1.165) is 41.0 Å². The molecule has 0 unspecified atom stereocenters. The maximum absolute atomic E-state index is 6.36. The van der Waals surface area contributed by atoms with Crippen molar-refractivity contribution in [2.24, 2.45) is 0 Å². The Balaban J connectivity index is 2.17. The summed E-state index contributed by atoms with van der Waals surface area (Å²) in [6, 6.07) is 12.8. The van der Waals surface area contributed by atoms with Gasteiger partial charge in [0, 0.05) is 35.2 Å². The van der Waals surface area contributed by atoms with Crippen LogP contribution < -0.4 is 9.64 Å². The highest BCUT2D eigenvalue weighted by Crippen LogP contribution is 2.36. The van der Waals surface area contributed by atoms with Gasteiger partial charge in [-0.25, -0.2) is 4.98 Å². The van der Waals surface area contributed by atoms with Crippen LogP contribution >= 0.6 is 0 Å². The molecule has 0 aliphatic carbocycles. The average molecular weight is 348 g/mol. The highest BCUT2D eigenvalue weighted by atomic mass is 16.5. The van der Waals surface area contributed by atoms with Crippen molar-refractivity contribution in [1.82, 2.24) is 4.98 Å². The van der Waals surface area contributed by atoms with Gasteiger partial charge in [0.15, 0.2) is 0 Å². The van der Waals surface area contributed by atoms with E-state index in [1.54, 1.807) is 0 Å². The van der Waals surface area contributed by atoms with Crippen LogP contribution in [0.15, 0.2) is 36.4 Å². The van der Waals surface area contributed by atoms with E-state index in [-0.39, 0.29) is 0 Å². The molecule has 26 heavy (non-hydrogen) atoms. The number of hydrogen-bond acceptors (Lipinski definition) is 3. The standard InChI is InChI=1S/C23H28N2O/c1-7-25(8-2)21-11-9-10-19-20(21)14-18(6)24-23(19)26-22-16(4)12-15(3)13-17(22)5/h9-14H,7-8H2,1-6H3. The van der Waals surface area contributed by atoms with Crippen molar-refractivity contribution >= 4 is 16.5 Å². The molecular weight excluding hydrogens is 320 g/mol. The SMILES string of the molecule is CCN(CC)c1cccc2c(Oc3c(C)cc(C)cc3C)nc(C)cc12. The Morgan fingerprint density at radius 3 is 2.15 bits per heavy atom. The van der Waals surface area contributed by atoms with E-state index in [4.69, 9.17) is 9.72 Å². The fourth-order valence-corrected chi connectivity index (χ4v) is 3.70. The number of ether oxygens (including phenoxy) is 1. The Morgan fingerprint density at radius 2 is 1.54 bits per heavy atom. The number of pyridine rings is 1. The first-order chi connectivity index (χ1) is 12.4. The fourth-order valence-electron chi connectivity index (χ4n) is 3.70. The van der Waals surface area contributed by atoms with E-state index in [9.17, 15) is 0 Å². The molecule has 0 atom stereocenters. The number of hydrogen-bond donors (Lipinski definition) is 0. The molecular formula is C23H28N2O. The molecule has 0 fully saturated rings. The summed E-state index contributed by atoms with van der Waals surface area (Å²) in [6.45, 7) is 14.6. The fraction of sp³-hybridized carbons (Fsp3) is 0.348. The minimum atomic E-state index is 0.684. The first kappa shape index (κ1) is 18.2. The van der Waals surface area contributed by atoms with E-state index in [2.05, 4.69) is 75.9 Å². The number of rotatable bonds is 5. The third kappa shape index (κ3) is 3.39. The van der Waals surface area contributed by atoms with Gasteiger partial charge in [0.05, 0.1) is 0 Å². The predicted octanol–water partition coefficient (Wildman–Crippen LogP) is 6.11. The van der Waals surface area contributed by atoms with E-state index in [1.165, 1.54) is 16.6 Å². The van der Waals surface area contributed by atoms with Crippen LogP contribution in [0.2, 0.25) is 0 Å². The Bertz CT molecular complexity index is 919. The highest BCUT2D eigenvalue weighted by molar-refractivity contribution is 5.97. The Morgan fingerprint density at radius 1 is 0.885 bits per heavy atom. The summed E-state index contributed by atoms with van der Waals surface area (Å²) in [5, 5.41) is 2.25. The van der Waals surface area contributed by atoms with Gasteiger partial charge in [-0.3, -0.25) is 0 Å². The smallest absolute Gasteiger partial charge is 0.227 e. The lowest BCUT2D eigenvalue weighted by atomic mass is 10.1. The summed E-state index contributed by atoms with van der Waals surface area (Å²) in [5.74, 6) is 1.59. The highest BCUT2D eigenvalue weighted by Gasteiger charge is 2.14. The number of fused-ring (bicyclic) bond motifs is 1. The molecule has 0 N–H and O–H groups in total. The molecule has 3 aromatic rings. The van der Waals surface area contributed by atoms with Gasteiger partial charge in [0.25, 0.3) is 0 Å². The molecule has 3 heteroatoms. The molecule has 0 amide bonds. The minimum absolute atomic E-state index is 0.684. The molecule has 0 saturated carbocycles. The second-order valence-electron chi connectivity index (χ2n) is 6.94. The molecule has 0 aliphatic rings. The van der Waals surface area contributed by atoms with Gasteiger partial charge in [0.2, 0.25) is 5.88 Å². The lowest BCUT2D eigenvalue weighted by Crippen LogP contribution is -2.22. The Labute approximate surface area is 156 Å². The van der Waals surface area contributed by atoms with Gasteiger partial charge in [-0.15, -0.1) is 0 Å². The number of anilines is 1. The van der Waals surface area contributed by atoms with Crippen LogP contribution in [0.3, 0.4) is 0 Å². The number of aryl methyl sites for hydroxylation is 4. The Kier molecular flexibility index (Phi) is 5.17. The molecule has 3 rings (SSSR count). The second-order valence-corrected chi connectivity index (χ2v) is 6.94. The quantitative estimate of drug-likeness (QED) is 0.556. The molecule has 0 aliphatic heterocycles. The molecule has 1 aromatic heterocycles. The second kappa shape index (κ2) is 7.36. The summed E-state index contributed by atoms with van der Waals surface area (Å²) in [4.78, 5) is 7.08. The van der Waals surface area contributed by atoms with Crippen molar-refractivity contribution in [2.75, 3.05) is 18.0 Å². The zero-order chi connectivity index (χ0) is 18.8. The molecule has 0 saturated heterocycles. The number of benzene rings is 2. The van der Waals surface area contributed by atoms with Crippen LogP contribution in [0.25, 0.3) is 10.8 Å². The summed E-state index contributed by atoms with van der Waals surface area (Å²) in [6.07, 6.45) is 0. The monoisotopic (exact) mass is 348 g/mol. The Hall–Kier alpha value is -2.55. The summed E-state index contributed by atoms with van der Waals surface area (Å²) < 4.78 is 6.36. The minimum Gasteiger partial charge on any atom is -0.438 e. The van der Waals surface area contributed by atoms with Crippen LogP contribution in [0.1, 0.15) is 36.2 Å². The first-order valence-electron chi connectivity index (χ1n) is 9.35. The molecule has 0 spiro atoms. The van der Waals surface area contributed by atoms with Gasteiger partial charge in [0.1, 0.15) is 5.75 Å². The number of nitrogens with zero attached hydrogens (tertiary/aromatic N) is 2. The van der Waals surface area contributed by atoms with Crippen LogP contribution in [0.5, 0.6) is 11.6 Å². The largest absolute Gasteiger partial charge is 0.438 e. The van der Waals surface area contributed by atoms with Crippen molar-refractivity contribution in [3.05, 3.63) is 58.8 Å².